The molecular weight excluding hydrogens is 503 g/mol. The van der Waals surface area contributed by atoms with Gasteiger partial charge in [-0.25, -0.2) is 13.4 Å². The van der Waals surface area contributed by atoms with Crippen molar-refractivity contribution >= 4 is 27.2 Å². The molecule has 6 nitrogen and oxygen atoms in total. The largest absolute Gasteiger partial charge is 0.416 e. The fourth-order valence-corrected chi connectivity index (χ4v) is 5.30. The summed E-state index contributed by atoms with van der Waals surface area (Å²) in [6.07, 6.45) is -0.896. The fraction of sp³-hybridized carbons (Fsp3) is 0.333. The molecule has 0 bridgehead atoms. The first-order chi connectivity index (χ1) is 17.5. The quantitative estimate of drug-likeness (QED) is 0.438. The van der Waals surface area contributed by atoms with E-state index in [-0.39, 0.29) is 28.9 Å². The van der Waals surface area contributed by atoms with Crippen LogP contribution in [0.25, 0.3) is 0 Å². The van der Waals surface area contributed by atoms with Crippen LogP contribution in [-0.4, -0.2) is 38.2 Å². The number of anilines is 2. The first kappa shape index (κ1) is 26.7. The van der Waals surface area contributed by atoms with Gasteiger partial charge in [-0.3, -0.25) is 4.79 Å². The van der Waals surface area contributed by atoms with E-state index in [0.29, 0.717) is 17.8 Å². The standard InChI is InChI=1S/C27H28F3N3O3S/c1-2-37(35,36)24-12-5-19(6-13-24)16-26(34)32-23-11-14-25(31-17-23)33-15-3-4-21(18-33)20-7-9-22(10-8-20)27(28,29)30/h5-14,17,21H,2-4,15-16,18H2,1H3,(H,32,34). The van der Waals surface area contributed by atoms with E-state index in [1.165, 1.54) is 12.1 Å². The number of halogens is 3. The summed E-state index contributed by atoms with van der Waals surface area (Å²) in [5.41, 5.74) is 1.46. The molecule has 1 atom stereocenters. The highest BCUT2D eigenvalue weighted by molar-refractivity contribution is 7.91. The summed E-state index contributed by atoms with van der Waals surface area (Å²) in [4.78, 5) is 19.3. The molecule has 0 saturated carbocycles. The number of rotatable bonds is 7. The van der Waals surface area contributed by atoms with Crippen LogP contribution in [0.1, 0.15) is 42.4 Å². The molecule has 0 spiro atoms. The van der Waals surface area contributed by atoms with Gasteiger partial charge in [-0.05, 0) is 60.4 Å². The Labute approximate surface area is 214 Å². The minimum absolute atomic E-state index is 0.0168. The number of pyridine rings is 1. The molecule has 1 aliphatic heterocycles. The van der Waals surface area contributed by atoms with E-state index in [9.17, 15) is 26.4 Å². The predicted molar refractivity (Wildman–Crippen MR) is 136 cm³/mol. The molecule has 1 aromatic heterocycles. The van der Waals surface area contributed by atoms with Crippen LogP contribution in [0.2, 0.25) is 0 Å². The summed E-state index contributed by atoms with van der Waals surface area (Å²) >= 11 is 0. The third-order valence-corrected chi connectivity index (χ3v) is 8.26. The van der Waals surface area contributed by atoms with Crippen molar-refractivity contribution in [2.75, 3.05) is 29.1 Å². The predicted octanol–water partition coefficient (Wildman–Crippen LogP) is 5.46. The highest BCUT2D eigenvalue weighted by Gasteiger charge is 2.30. The van der Waals surface area contributed by atoms with Crippen LogP contribution in [0.3, 0.4) is 0 Å². The lowest BCUT2D eigenvalue weighted by atomic mass is 9.90. The van der Waals surface area contributed by atoms with Gasteiger partial charge in [0.15, 0.2) is 9.84 Å². The second-order valence-electron chi connectivity index (χ2n) is 9.08. The maximum atomic E-state index is 12.9. The first-order valence-corrected chi connectivity index (χ1v) is 13.7. The Bertz CT molecular complexity index is 1320. The lowest BCUT2D eigenvalue weighted by molar-refractivity contribution is -0.137. The second-order valence-corrected chi connectivity index (χ2v) is 11.4. The van der Waals surface area contributed by atoms with Crippen LogP contribution in [0.5, 0.6) is 0 Å². The molecule has 2 heterocycles. The Hall–Kier alpha value is -3.40. The Morgan fingerprint density at radius 2 is 1.76 bits per heavy atom. The maximum Gasteiger partial charge on any atom is 0.416 e. The monoisotopic (exact) mass is 531 g/mol. The van der Waals surface area contributed by atoms with Crippen molar-refractivity contribution in [3.05, 3.63) is 83.6 Å². The normalized spacial score (nSPS) is 16.4. The van der Waals surface area contributed by atoms with Crippen LogP contribution in [0.15, 0.2) is 71.8 Å². The highest BCUT2D eigenvalue weighted by Crippen LogP contribution is 2.33. The number of nitrogens with zero attached hydrogens (tertiary/aromatic N) is 2. The Kier molecular flexibility index (Phi) is 7.87. The van der Waals surface area contributed by atoms with Gasteiger partial charge in [-0.1, -0.05) is 31.2 Å². The molecular formula is C27H28F3N3O3S. The summed E-state index contributed by atoms with van der Waals surface area (Å²) in [5.74, 6) is 0.613. The average molecular weight is 532 g/mol. The van der Waals surface area contributed by atoms with Gasteiger partial charge in [0, 0.05) is 19.0 Å². The summed E-state index contributed by atoms with van der Waals surface area (Å²) in [5, 5.41) is 2.80. The van der Waals surface area contributed by atoms with Crippen LogP contribution in [-0.2, 0) is 27.2 Å². The zero-order valence-electron chi connectivity index (χ0n) is 20.3. The van der Waals surface area contributed by atoms with E-state index in [1.54, 1.807) is 43.5 Å². The van der Waals surface area contributed by atoms with Gasteiger partial charge < -0.3 is 10.2 Å². The van der Waals surface area contributed by atoms with Crippen molar-refractivity contribution in [2.45, 2.75) is 43.2 Å². The van der Waals surface area contributed by atoms with E-state index < -0.39 is 21.6 Å². The van der Waals surface area contributed by atoms with E-state index >= 15 is 0 Å². The molecule has 37 heavy (non-hydrogen) atoms. The zero-order chi connectivity index (χ0) is 26.6. The lowest BCUT2D eigenvalue weighted by Gasteiger charge is -2.34. The smallest absolute Gasteiger partial charge is 0.356 e. The minimum Gasteiger partial charge on any atom is -0.356 e. The van der Waals surface area contributed by atoms with Gasteiger partial charge in [0.1, 0.15) is 5.82 Å². The van der Waals surface area contributed by atoms with Gasteiger partial charge in [-0.2, -0.15) is 13.2 Å². The third-order valence-electron chi connectivity index (χ3n) is 6.51. The third kappa shape index (κ3) is 6.68. The Balaban J connectivity index is 1.34. The van der Waals surface area contributed by atoms with Gasteiger partial charge in [0.2, 0.25) is 5.91 Å². The number of amides is 1. The van der Waals surface area contributed by atoms with Gasteiger partial charge in [0.05, 0.1) is 34.5 Å². The number of carbonyl (C=O) groups is 1. The summed E-state index contributed by atoms with van der Waals surface area (Å²) in [6.45, 7) is 3.02. The molecule has 1 aliphatic rings. The molecule has 0 aliphatic carbocycles. The first-order valence-electron chi connectivity index (χ1n) is 12.0. The van der Waals surface area contributed by atoms with Crippen molar-refractivity contribution in [3.8, 4) is 0 Å². The zero-order valence-corrected chi connectivity index (χ0v) is 21.1. The number of piperidine rings is 1. The van der Waals surface area contributed by atoms with E-state index in [0.717, 1.165) is 42.9 Å². The van der Waals surface area contributed by atoms with E-state index in [4.69, 9.17) is 0 Å². The molecule has 1 amide bonds. The number of carbonyl (C=O) groups excluding carboxylic acids is 1. The highest BCUT2D eigenvalue weighted by atomic mass is 32.2. The van der Waals surface area contributed by atoms with Crippen molar-refractivity contribution in [3.63, 3.8) is 0 Å². The summed E-state index contributed by atoms with van der Waals surface area (Å²) in [6, 6.07) is 15.2. The van der Waals surface area contributed by atoms with E-state index in [2.05, 4.69) is 15.2 Å². The topological polar surface area (TPSA) is 79.4 Å². The number of aromatic nitrogens is 1. The second kappa shape index (κ2) is 10.9. The molecule has 1 saturated heterocycles. The summed E-state index contributed by atoms with van der Waals surface area (Å²) in [7, 11) is -3.29. The van der Waals surface area contributed by atoms with Crippen LogP contribution >= 0.6 is 0 Å². The van der Waals surface area contributed by atoms with Crippen LogP contribution < -0.4 is 10.2 Å². The number of hydrogen-bond donors (Lipinski definition) is 1. The van der Waals surface area contributed by atoms with Gasteiger partial charge in [0.25, 0.3) is 0 Å². The van der Waals surface area contributed by atoms with Crippen LogP contribution in [0.4, 0.5) is 24.7 Å². The molecule has 1 unspecified atom stereocenters. The SMILES string of the molecule is CCS(=O)(=O)c1ccc(CC(=O)Nc2ccc(N3CCCC(c4ccc(C(F)(F)F)cc4)C3)nc2)cc1. The van der Waals surface area contributed by atoms with Gasteiger partial charge >= 0.3 is 6.18 Å². The van der Waals surface area contributed by atoms with Crippen molar-refractivity contribution in [2.24, 2.45) is 0 Å². The number of alkyl halides is 3. The summed E-state index contributed by atoms with van der Waals surface area (Å²) < 4.78 is 62.5. The number of nitrogens with one attached hydrogen (secondary N) is 1. The van der Waals surface area contributed by atoms with Crippen LogP contribution in [0, 0.1) is 0 Å². The number of sulfone groups is 1. The van der Waals surface area contributed by atoms with Crippen molar-refractivity contribution in [1.82, 2.24) is 4.98 Å². The molecule has 196 valence electrons. The van der Waals surface area contributed by atoms with Crippen molar-refractivity contribution < 1.29 is 26.4 Å². The molecule has 1 fully saturated rings. The lowest BCUT2D eigenvalue weighted by Crippen LogP contribution is -2.34. The Morgan fingerprint density at radius 1 is 1.05 bits per heavy atom. The van der Waals surface area contributed by atoms with Gasteiger partial charge in [-0.15, -0.1) is 0 Å². The fourth-order valence-electron chi connectivity index (χ4n) is 4.42. The maximum absolute atomic E-state index is 12.9. The number of hydrogen-bond acceptors (Lipinski definition) is 5. The number of benzene rings is 2. The molecule has 4 rings (SSSR count). The van der Waals surface area contributed by atoms with E-state index in [1.807, 2.05) is 6.07 Å². The minimum atomic E-state index is -4.35. The molecule has 10 heteroatoms. The molecule has 0 radical (unpaired) electrons. The molecule has 2 aromatic carbocycles. The average Bonchev–Trinajstić information content (AvgIpc) is 2.89. The Morgan fingerprint density at radius 3 is 2.35 bits per heavy atom. The van der Waals surface area contributed by atoms with Crippen molar-refractivity contribution in [1.29, 1.82) is 0 Å². The molecule has 1 N–H and O–H groups in total. The molecule has 3 aromatic rings.